The van der Waals surface area contributed by atoms with Gasteiger partial charge in [-0.25, -0.2) is 18.7 Å². The number of nitrogens with zero attached hydrogens (tertiary/aromatic N) is 4. The Morgan fingerprint density at radius 3 is 2.59 bits per heavy atom. The summed E-state index contributed by atoms with van der Waals surface area (Å²) in [6.07, 6.45) is 6.50. The summed E-state index contributed by atoms with van der Waals surface area (Å²) in [6, 6.07) is 10.7. The van der Waals surface area contributed by atoms with Crippen LogP contribution in [0.1, 0.15) is 29.8 Å². The number of halogens is 2. The van der Waals surface area contributed by atoms with Gasteiger partial charge in [-0.05, 0) is 23.8 Å². The molecule has 2 heterocycles. The molecular formula is C21H19F2N5O. The van der Waals surface area contributed by atoms with Gasteiger partial charge in [0.05, 0.1) is 6.33 Å². The summed E-state index contributed by atoms with van der Waals surface area (Å²) in [4.78, 5) is 8.09. The number of benzene rings is 2. The van der Waals surface area contributed by atoms with Gasteiger partial charge in [0.2, 0.25) is 0 Å². The fourth-order valence-electron chi connectivity index (χ4n) is 3.52. The second-order valence-corrected chi connectivity index (χ2v) is 6.94. The molecule has 0 spiro atoms. The van der Waals surface area contributed by atoms with Crippen molar-refractivity contribution in [2.45, 2.75) is 24.9 Å². The van der Waals surface area contributed by atoms with Crippen molar-refractivity contribution >= 4 is 0 Å². The predicted octanol–water partition coefficient (Wildman–Crippen LogP) is 3.50. The zero-order valence-corrected chi connectivity index (χ0v) is 15.6. The lowest BCUT2D eigenvalue weighted by Crippen LogP contribution is -2.36. The Labute approximate surface area is 165 Å². The van der Waals surface area contributed by atoms with Gasteiger partial charge in [-0.15, -0.1) is 0 Å². The summed E-state index contributed by atoms with van der Waals surface area (Å²) in [5.74, 6) is -1.64. The summed E-state index contributed by atoms with van der Waals surface area (Å²) >= 11 is 0. The molecule has 0 bridgehead atoms. The van der Waals surface area contributed by atoms with E-state index in [0.717, 1.165) is 23.4 Å². The van der Waals surface area contributed by atoms with Crippen molar-refractivity contribution in [3.8, 4) is 5.69 Å². The first-order chi connectivity index (χ1) is 14.0. The molecule has 0 aliphatic rings. The van der Waals surface area contributed by atoms with Gasteiger partial charge in [0.15, 0.2) is 0 Å². The van der Waals surface area contributed by atoms with Gasteiger partial charge in [-0.3, -0.25) is 5.10 Å². The zero-order valence-electron chi connectivity index (χ0n) is 15.6. The van der Waals surface area contributed by atoms with Crippen LogP contribution in [0.3, 0.4) is 0 Å². The van der Waals surface area contributed by atoms with E-state index in [1.54, 1.807) is 19.4 Å². The molecule has 0 aliphatic carbocycles. The van der Waals surface area contributed by atoms with Gasteiger partial charge in [0, 0.05) is 42.0 Å². The number of aromatic amines is 1. The lowest BCUT2D eigenvalue weighted by Gasteiger charge is -2.35. The summed E-state index contributed by atoms with van der Waals surface area (Å²) in [7, 11) is 0. The second kappa shape index (κ2) is 7.56. The Morgan fingerprint density at radius 2 is 1.97 bits per heavy atom. The van der Waals surface area contributed by atoms with Gasteiger partial charge in [-0.1, -0.05) is 25.1 Å². The molecule has 29 heavy (non-hydrogen) atoms. The molecule has 148 valence electrons. The van der Waals surface area contributed by atoms with Gasteiger partial charge in [0.25, 0.3) is 0 Å². The highest BCUT2D eigenvalue weighted by molar-refractivity contribution is 5.39. The first-order valence-corrected chi connectivity index (χ1v) is 9.08. The van der Waals surface area contributed by atoms with Crippen molar-refractivity contribution in [1.29, 1.82) is 0 Å². The van der Waals surface area contributed by atoms with Crippen molar-refractivity contribution in [2.24, 2.45) is 0 Å². The van der Waals surface area contributed by atoms with Gasteiger partial charge in [0.1, 0.15) is 29.4 Å². The highest BCUT2D eigenvalue weighted by Gasteiger charge is 2.40. The van der Waals surface area contributed by atoms with Crippen LogP contribution in [0.5, 0.6) is 0 Å². The average Bonchev–Trinajstić information content (AvgIpc) is 3.41. The molecule has 8 heteroatoms. The summed E-state index contributed by atoms with van der Waals surface area (Å²) in [6.45, 7) is 1.80. The number of hydrogen-bond donors (Lipinski definition) is 2. The van der Waals surface area contributed by atoms with E-state index >= 15 is 0 Å². The number of aliphatic hydroxyl groups is 1. The fourth-order valence-corrected chi connectivity index (χ4v) is 3.52. The molecule has 0 unspecified atom stereocenters. The van der Waals surface area contributed by atoms with E-state index in [1.807, 2.05) is 35.0 Å². The Kier molecular flexibility index (Phi) is 4.94. The monoisotopic (exact) mass is 395 g/mol. The number of aromatic nitrogens is 5. The summed E-state index contributed by atoms with van der Waals surface area (Å²) in [5, 5.41) is 18.1. The van der Waals surface area contributed by atoms with Gasteiger partial charge >= 0.3 is 0 Å². The van der Waals surface area contributed by atoms with Crippen molar-refractivity contribution < 1.29 is 13.9 Å². The SMILES string of the molecule is C[C@@H](c1ccc(-n2ccnc2)cc1)[C@](O)(Cc1ncn[nH]1)c1ccc(F)cc1F. The maximum atomic E-state index is 14.6. The van der Waals surface area contributed by atoms with E-state index < -0.39 is 23.2 Å². The van der Waals surface area contributed by atoms with Crippen LogP contribution in [0.4, 0.5) is 8.78 Å². The minimum atomic E-state index is -1.67. The number of rotatable bonds is 6. The molecule has 6 nitrogen and oxygen atoms in total. The minimum absolute atomic E-state index is 0.00138. The fraction of sp³-hybridized carbons (Fsp3) is 0.190. The lowest BCUT2D eigenvalue weighted by atomic mass is 9.76. The molecule has 0 radical (unpaired) electrons. The van der Waals surface area contributed by atoms with E-state index in [9.17, 15) is 13.9 Å². The molecule has 4 rings (SSSR count). The van der Waals surface area contributed by atoms with Crippen LogP contribution in [0, 0.1) is 11.6 Å². The summed E-state index contributed by atoms with van der Waals surface area (Å²) < 4.78 is 30.0. The maximum Gasteiger partial charge on any atom is 0.137 e. The third-order valence-corrected chi connectivity index (χ3v) is 5.21. The third-order valence-electron chi connectivity index (χ3n) is 5.21. The quantitative estimate of drug-likeness (QED) is 0.524. The third kappa shape index (κ3) is 3.66. The average molecular weight is 395 g/mol. The van der Waals surface area contributed by atoms with Crippen molar-refractivity contribution in [1.82, 2.24) is 24.7 Å². The van der Waals surface area contributed by atoms with Crippen LogP contribution in [-0.4, -0.2) is 29.8 Å². The molecule has 2 aromatic carbocycles. The van der Waals surface area contributed by atoms with E-state index in [4.69, 9.17) is 0 Å². The lowest BCUT2D eigenvalue weighted by molar-refractivity contribution is 0.00742. The second-order valence-electron chi connectivity index (χ2n) is 6.94. The maximum absolute atomic E-state index is 14.6. The highest BCUT2D eigenvalue weighted by Crippen LogP contribution is 2.40. The number of hydrogen-bond acceptors (Lipinski definition) is 4. The van der Waals surface area contributed by atoms with E-state index in [0.29, 0.717) is 5.82 Å². The molecule has 2 aromatic heterocycles. The molecule has 0 fully saturated rings. The van der Waals surface area contributed by atoms with Crippen molar-refractivity contribution in [3.63, 3.8) is 0 Å². The Balaban J connectivity index is 1.74. The first-order valence-electron chi connectivity index (χ1n) is 9.08. The molecule has 0 saturated carbocycles. The van der Waals surface area contributed by atoms with Gasteiger partial charge < -0.3 is 9.67 Å². The molecule has 2 N–H and O–H groups in total. The largest absolute Gasteiger partial charge is 0.384 e. The van der Waals surface area contributed by atoms with E-state index in [-0.39, 0.29) is 12.0 Å². The van der Waals surface area contributed by atoms with Gasteiger partial charge in [-0.2, -0.15) is 5.10 Å². The minimum Gasteiger partial charge on any atom is -0.384 e. The van der Waals surface area contributed by atoms with Crippen LogP contribution >= 0.6 is 0 Å². The van der Waals surface area contributed by atoms with Crippen LogP contribution in [0.2, 0.25) is 0 Å². The molecular weight excluding hydrogens is 376 g/mol. The molecule has 0 amide bonds. The van der Waals surface area contributed by atoms with Crippen molar-refractivity contribution in [2.75, 3.05) is 0 Å². The smallest absolute Gasteiger partial charge is 0.137 e. The predicted molar refractivity (Wildman–Crippen MR) is 102 cm³/mol. The van der Waals surface area contributed by atoms with E-state index in [2.05, 4.69) is 20.2 Å². The van der Waals surface area contributed by atoms with Crippen LogP contribution in [-0.2, 0) is 12.0 Å². The topological polar surface area (TPSA) is 79.6 Å². The summed E-state index contributed by atoms with van der Waals surface area (Å²) in [5.41, 5.74) is 0.0275. The van der Waals surface area contributed by atoms with Crippen molar-refractivity contribution in [3.05, 3.63) is 96.1 Å². The molecule has 0 saturated heterocycles. The van der Waals surface area contributed by atoms with Crippen LogP contribution in [0.25, 0.3) is 5.69 Å². The Morgan fingerprint density at radius 1 is 1.17 bits per heavy atom. The van der Waals surface area contributed by atoms with Crippen LogP contribution < -0.4 is 0 Å². The number of H-pyrrole nitrogens is 1. The van der Waals surface area contributed by atoms with Crippen LogP contribution in [0.15, 0.2) is 67.5 Å². The number of imidazole rings is 1. The normalized spacial score (nSPS) is 14.5. The number of nitrogens with one attached hydrogen (secondary N) is 1. The zero-order chi connectivity index (χ0) is 20.4. The molecule has 0 aliphatic heterocycles. The Bertz CT molecular complexity index is 1080. The molecule has 4 aromatic rings. The highest BCUT2D eigenvalue weighted by atomic mass is 19.1. The first kappa shape index (κ1) is 18.9. The van der Waals surface area contributed by atoms with E-state index in [1.165, 1.54) is 12.4 Å². The Hall–Kier alpha value is -3.39. The molecule has 2 atom stereocenters. The standard InChI is InChI=1S/C21H19F2N5O/c1-14(15-2-5-17(6-3-15)28-9-8-24-13-28)21(29,11-20-25-12-26-27-20)18-7-4-16(22)10-19(18)23/h2-10,12-14,29H,11H2,1H3,(H,25,26,27)/t14-,21+/m0/s1.